The molecular formula is C10H16O. The molecule has 0 aromatic rings. The first-order chi connectivity index (χ1) is 5.38. The maximum absolute atomic E-state index is 11.6. The molecule has 2 bridgehead atoms. The van der Waals surface area contributed by atoms with Crippen LogP contribution in [0.5, 0.6) is 0 Å². The number of carbonyl (C=O) groups is 1. The lowest BCUT2D eigenvalue weighted by Crippen LogP contribution is -2.15. The first-order valence-electron chi connectivity index (χ1n) is 4.91. The van der Waals surface area contributed by atoms with Crippen molar-refractivity contribution in [3.63, 3.8) is 0 Å². The number of fused-ring (bicyclic) bond motifs is 2. The SMILES string of the molecule is O=C1[C@H]2CCCCC[C@H]1CC2. The number of carbonyl (C=O) groups excluding carboxylic acids is 1. The van der Waals surface area contributed by atoms with E-state index in [2.05, 4.69) is 0 Å². The maximum atomic E-state index is 11.6. The molecule has 2 fully saturated rings. The van der Waals surface area contributed by atoms with Gasteiger partial charge in [0.1, 0.15) is 5.78 Å². The van der Waals surface area contributed by atoms with Crippen LogP contribution in [0.4, 0.5) is 0 Å². The van der Waals surface area contributed by atoms with Crippen LogP contribution in [0.15, 0.2) is 0 Å². The molecule has 2 aliphatic rings. The van der Waals surface area contributed by atoms with Gasteiger partial charge in [-0.15, -0.1) is 0 Å². The summed E-state index contributed by atoms with van der Waals surface area (Å²) >= 11 is 0. The number of hydrogen-bond donors (Lipinski definition) is 0. The van der Waals surface area contributed by atoms with Crippen molar-refractivity contribution >= 4 is 5.78 Å². The van der Waals surface area contributed by atoms with E-state index in [0.717, 1.165) is 0 Å². The molecule has 0 aromatic heterocycles. The normalized spacial score (nSPS) is 38.4. The molecule has 2 saturated carbocycles. The van der Waals surface area contributed by atoms with Gasteiger partial charge in [0, 0.05) is 11.8 Å². The molecule has 0 radical (unpaired) electrons. The molecule has 0 heterocycles. The summed E-state index contributed by atoms with van der Waals surface area (Å²) in [5.74, 6) is 1.55. The summed E-state index contributed by atoms with van der Waals surface area (Å²) in [6.07, 6.45) is 8.73. The topological polar surface area (TPSA) is 17.1 Å². The highest BCUT2D eigenvalue weighted by molar-refractivity contribution is 5.85. The lowest BCUT2D eigenvalue weighted by atomic mass is 9.90. The van der Waals surface area contributed by atoms with Gasteiger partial charge in [-0.05, 0) is 25.7 Å². The second-order valence-electron chi connectivity index (χ2n) is 4.01. The average Bonchev–Trinajstić information content (AvgIpc) is 2.38. The van der Waals surface area contributed by atoms with Gasteiger partial charge in [0.05, 0.1) is 0 Å². The molecule has 0 amide bonds. The van der Waals surface area contributed by atoms with Crippen molar-refractivity contribution in [3.05, 3.63) is 0 Å². The first-order valence-corrected chi connectivity index (χ1v) is 4.91. The molecule has 0 spiro atoms. The molecule has 1 heteroatoms. The highest BCUT2D eigenvalue weighted by atomic mass is 16.1. The van der Waals surface area contributed by atoms with Crippen LogP contribution in [0.3, 0.4) is 0 Å². The smallest absolute Gasteiger partial charge is 0.139 e. The molecule has 2 atom stereocenters. The lowest BCUT2D eigenvalue weighted by molar-refractivity contribution is -0.124. The van der Waals surface area contributed by atoms with Crippen LogP contribution < -0.4 is 0 Å². The van der Waals surface area contributed by atoms with Crippen LogP contribution in [-0.4, -0.2) is 5.78 Å². The molecule has 0 aromatic carbocycles. The number of Topliss-reactive ketones (excluding diaryl/α,β-unsaturated/α-hetero) is 1. The van der Waals surface area contributed by atoms with E-state index in [4.69, 9.17) is 0 Å². The lowest BCUT2D eigenvalue weighted by Gasteiger charge is -2.13. The zero-order valence-electron chi connectivity index (χ0n) is 7.01. The van der Waals surface area contributed by atoms with Crippen LogP contribution in [0.25, 0.3) is 0 Å². The van der Waals surface area contributed by atoms with Gasteiger partial charge in [-0.2, -0.15) is 0 Å². The summed E-state index contributed by atoms with van der Waals surface area (Å²) in [4.78, 5) is 11.6. The Bertz CT molecular complexity index is 146. The monoisotopic (exact) mass is 152 g/mol. The Balaban J connectivity index is 2.06. The molecule has 2 aliphatic carbocycles. The maximum Gasteiger partial charge on any atom is 0.139 e. The summed E-state index contributed by atoms with van der Waals surface area (Å²) < 4.78 is 0. The standard InChI is InChI=1S/C10H16O/c11-10-8-4-2-1-3-5-9(10)7-6-8/h8-9H,1-7H2/t8-,9-/m0/s1. The Morgan fingerprint density at radius 3 is 1.91 bits per heavy atom. The van der Waals surface area contributed by atoms with Gasteiger partial charge in [0.2, 0.25) is 0 Å². The Kier molecular flexibility index (Phi) is 1.97. The zero-order chi connectivity index (χ0) is 7.68. The Morgan fingerprint density at radius 2 is 1.36 bits per heavy atom. The first kappa shape index (κ1) is 7.33. The van der Waals surface area contributed by atoms with Gasteiger partial charge < -0.3 is 0 Å². The van der Waals surface area contributed by atoms with Crippen molar-refractivity contribution in [2.45, 2.75) is 44.9 Å². The van der Waals surface area contributed by atoms with Crippen LogP contribution in [0.1, 0.15) is 44.9 Å². The van der Waals surface area contributed by atoms with E-state index in [1.54, 1.807) is 0 Å². The molecule has 62 valence electrons. The fraction of sp³-hybridized carbons (Fsp3) is 0.900. The number of rotatable bonds is 0. The third kappa shape index (κ3) is 1.33. The van der Waals surface area contributed by atoms with E-state index in [0.29, 0.717) is 17.6 Å². The highest BCUT2D eigenvalue weighted by Gasteiger charge is 2.33. The summed E-state index contributed by atoms with van der Waals surface area (Å²) in [6.45, 7) is 0. The van der Waals surface area contributed by atoms with Gasteiger partial charge in [0.15, 0.2) is 0 Å². The van der Waals surface area contributed by atoms with E-state index in [-0.39, 0.29) is 0 Å². The van der Waals surface area contributed by atoms with E-state index >= 15 is 0 Å². The molecule has 2 rings (SSSR count). The molecule has 0 unspecified atom stereocenters. The highest BCUT2D eigenvalue weighted by Crippen LogP contribution is 2.36. The van der Waals surface area contributed by atoms with Crippen molar-refractivity contribution in [2.24, 2.45) is 11.8 Å². The summed E-state index contributed by atoms with van der Waals surface area (Å²) in [5.41, 5.74) is 0. The fourth-order valence-corrected chi connectivity index (χ4v) is 2.55. The minimum absolute atomic E-state index is 0.472. The molecule has 11 heavy (non-hydrogen) atoms. The predicted molar refractivity (Wildman–Crippen MR) is 44.3 cm³/mol. The third-order valence-electron chi connectivity index (χ3n) is 3.27. The third-order valence-corrected chi connectivity index (χ3v) is 3.27. The Labute approximate surface area is 68.2 Å². The van der Waals surface area contributed by atoms with Crippen molar-refractivity contribution in [3.8, 4) is 0 Å². The Morgan fingerprint density at radius 1 is 0.818 bits per heavy atom. The van der Waals surface area contributed by atoms with E-state index in [1.807, 2.05) is 0 Å². The zero-order valence-corrected chi connectivity index (χ0v) is 7.01. The van der Waals surface area contributed by atoms with Crippen LogP contribution in [0, 0.1) is 11.8 Å². The molecular weight excluding hydrogens is 136 g/mol. The van der Waals surface area contributed by atoms with Crippen molar-refractivity contribution in [1.82, 2.24) is 0 Å². The van der Waals surface area contributed by atoms with Crippen molar-refractivity contribution in [1.29, 1.82) is 0 Å². The van der Waals surface area contributed by atoms with Gasteiger partial charge >= 0.3 is 0 Å². The van der Waals surface area contributed by atoms with Gasteiger partial charge in [-0.3, -0.25) is 4.79 Å². The molecule has 0 saturated heterocycles. The van der Waals surface area contributed by atoms with Crippen LogP contribution in [-0.2, 0) is 4.79 Å². The Hall–Kier alpha value is -0.330. The van der Waals surface area contributed by atoms with Crippen molar-refractivity contribution in [2.75, 3.05) is 0 Å². The van der Waals surface area contributed by atoms with E-state index in [1.165, 1.54) is 44.9 Å². The van der Waals surface area contributed by atoms with Gasteiger partial charge in [0.25, 0.3) is 0 Å². The minimum Gasteiger partial charge on any atom is -0.299 e. The summed E-state index contributed by atoms with van der Waals surface area (Å²) in [5, 5.41) is 0. The number of hydrogen-bond acceptors (Lipinski definition) is 1. The number of ketones is 1. The summed E-state index contributed by atoms with van der Waals surface area (Å²) in [6, 6.07) is 0. The predicted octanol–water partition coefficient (Wildman–Crippen LogP) is 2.55. The van der Waals surface area contributed by atoms with E-state index in [9.17, 15) is 4.79 Å². The molecule has 0 aliphatic heterocycles. The van der Waals surface area contributed by atoms with Crippen LogP contribution >= 0.6 is 0 Å². The van der Waals surface area contributed by atoms with Gasteiger partial charge in [-0.1, -0.05) is 19.3 Å². The second kappa shape index (κ2) is 2.96. The van der Waals surface area contributed by atoms with E-state index < -0.39 is 0 Å². The van der Waals surface area contributed by atoms with Gasteiger partial charge in [-0.25, -0.2) is 0 Å². The quantitative estimate of drug-likeness (QED) is 0.521. The van der Waals surface area contributed by atoms with Crippen LogP contribution in [0.2, 0.25) is 0 Å². The fourth-order valence-electron chi connectivity index (χ4n) is 2.55. The second-order valence-corrected chi connectivity index (χ2v) is 4.01. The average molecular weight is 152 g/mol. The largest absolute Gasteiger partial charge is 0.299 e. The minimum atomic E-state index is 0.472. The molecule has 1 nitrogen and oxygen atoms in total. The summed E-state index contributed by atoms with van der Waals surface area (Å²) in [7, 11) is 0. The molecule has 0 N–H and O–H groups in total. The van der Waals surface area contributed by atoms with Crippen molar-refractivity contribution < 1.29 is 4.79 Å².